The van der Waals surface area contributed by atoms with Crippen molar-refractivity contribution < 1.29 is 4.79 Å². The first-order valence-corrected chi connectivity index (χ1v) is 4.89. The highest BCUT2D eigenvalue weighted by atomic mass is 79.9. The van der Waals surface area contributed by atoms with Gasteiger partial charge in [0, 0.05) is 11.4 Å². The summed E-state index contributed by atoms with van der Waals surface area (Å²) in [4.78, 5) is 19.4. The predicted molar refractivity (Wildman–Crippen MR) is 57.2 cm³/mol. The number of Topliss-reactive ketones (excluding diaryl/α,β-unsaturated/α-hetero) is 1. The third-order valence-corrected chi connectivity index (χ3v) is 2.36. The number of rotatable bonds is 1. The van der Waals surface area contributed by atoms with E-state index >= 15 is 0 Å². The Morgan fingerprint density at radius 1 is 1.36 bits per heavy atom. The molecule has 0 fully saturated rings. The smallest absolute Gasteiger partial charge is 0.179 e. The van der Waals surface area contributed by atoms with Crippen molar-refractivity contribution in [3.05, 3.63) is 34.6 Å². The van der Waals surface area contributed by atoms with E-state index in [1.54, 1.807) is 0 Å². The van der Waals surface area contributed by atoms with E-state index in [-0.39, 0.29) is 5.78 Å². The van der Waals surface area contributed by atoms with Gasteiger partial charge in [-0.15, -0.1) is 0 Å². The molecule has 0 aliphatic carbocycles. The molecule has 14 heavy (non-hydrogen) atoms. The molecule has 0 aliphatic heterocycles. The molecule has 1 heterocycles. The van der Waals surface area contributed by atoms with Crippen LogP contribution in [0.4, 0.5) is 0 Å². The third-order valence-electron chi connectivity index (χ3n) is 1.86. The van der Waals surface area contributed by atoms with E-state index in [0.29, 0.717) is 5.69 Å². The minimum absolute atomic E-state index is 0.0673. The average Bonchev–Trinajstić information content (AvgIpc) is 2.16. The van der Waals surface area contributed by atoms with Crippen molar-refractivity contribution in [1.29, 1.82) is 0 Å². The molecular formula is C10H7BrN2O. The second kappa shape index (κ2) is 3.46. The van der Waals surface area contributed by atoms with Gasteiger partial charge in [-0.3, -0.25) is 9.78 Å². The van der Waals surface area contributed by atoms with E-state index in [1.807, 2.05) is 18.2 Å². The van der Waals surface area contributed by atoms with Crippen LogP contribution in [-0.2, 0) is 0 Å². The Hall–Kier alpha value is -1.29. The SMILES string of the molecule is CC(=O)c1cnc2cc(Br)ccc2n1. The van der Waals surface area contributed by atoms with Crippen molar-refractivity contribution >= 4 is 32.7 Å². The lowest BCUT2D eigenvalue weighted by molar-refractivity contribution is 0.101. The van der Waals surface area contributed by atoms with Gasteiger partial charge in [-0.1, -0.05) is 15.9 Å². The fraction of sp³-hybridized carbons (Fsp3) is 0.100. The zero-order valence-electron chi connectivity index (χ0n) is 7.49. The Kier molecular flexibility index (Phi) is 2.29. The summed E-state index contributed by atoms with van der Waals surface area (Å²) in [5, 5.41) is 0. The van der Waals surface area contributed by atoms with Gasteiger partial charge in [0.15, 0.2) is 5.78 Å². The first-order valence-electron chi connectivity index (χ1n) is 4.10. The Balaban J connectivity index is 2.67. The van der Waals surface area contributed by atoms with Gasteiger partial charge in [0.1, 0.15) is 5.69 Å². The van der Waals surface area contributed by atoms with Crippen molar-refractivity contribution in [3.8, 4) is 0 Å². The van der Waals surface area contributed by atoms with Crippen LogP contribution in [0.2, 0.25) is 0 Å². The van der Waals surface area contributed by atoms with Gasteiger partial charge in [-0.25, -0.2) is 4.98 Å². The van der Waals surface area contributed by atoms with Gasteiger partial charge in [0.2, 0.25) is 0 Å². The lowest BCUT2D eigenvalue weighted by Gasteiger charge is -1.98. The molecule has 0 N–H and O–H groups in total. The van der Waals surface area contributed by atoms with Gasteiger partial charge in [0.25, 0.3) is 0 Å². The number of halogens is 1. The molecule has 3 nitrogen and oxygen atoms in total. The normalized spacial score (nSPS) is 10.4. The molecule has 0 radical (unpaired) electrons. The fourth-order valence-corrected chi connectivity index (χ4v) is 1.50. The van der Waals surface area contributed by atoms with Crippen LogP contribution in [0.15, 0.2) is 28.9 Å². The molecule has 1 aromatic heterocycles. The maximum absolute atomic E-state index is 11.0. The Labute approximate surface area is 89.3 Å². The maximum Gasteiger partial charge on any atom is 0.179 e. The summed E-state index contributed by atoms with van der Waals surface area (Å²) in [6.45, 7) is 1.48. The summed E-state index contributed by atoms with van der Waals surface area (Å²) in [7, 11) is 0. The number of carbonyl (C=O) groups is 1. The molecule has 2 aromatic rings. The van der Waals surface area contributed by atoms with Crippen LogP contribution in [-0.4, -0.2) is 15.8 Å². The zero-order valence-corrected chi connectivity index (χ0v) is 9.08. The Morgan fingerprint density at radius 3 is 2.86 bits per heavy atom. The van der Waals surface area contributed by atoms with Crippen LogP contribution < -0.4 is 0 Å². The third kappa shape index (κ3) is 1.65. The molecule has 0 saturated carbocycles. The summed E-state index contributed by atoms with van der Waals surface area (Å²) >= 11 is 3.35. The second-order valence-corrected chi connectivity index (χ2v) is 3.86. The molecule has 0 saturated heterocycles. The van der Waals surface area contributed by atoms with Crippen molar-refractivity contribution in [2.24, 2.45) is 0 Å². The molecule has 0 spiro atoms. The molecule has 4 heteroatoms. The van der Waals surface area contributed by atoms with Gasteiger partial charge in [-0.05, 0) is 18.2 Å². The van der Waals surface area contributed by atoms with Crippen molar-refractivity contribution in [2.75, 3.05) is 0 Å². The molecule has 0 amide bonds. The second-order valence-electron chi connectivity index (χ2n) is 2.94. The number of hydrogen-bond donors (Lipinski definition) is 0. The first-order chi connectivity index (χ1) is 6.66. The first kappa shape index (κ1) is 9.27. The van der Waals surface area contributed by atoms with Crippen LogP contribution in [0.25, 0.3) is 11.0 Å². The van der Waals surface area contributed by atoms with Crippen LogP contribution in [0.1, 0.15) is 17.4 Å². The van der Waals surface area contributed by atoms with E-state index < -0.39 is 0 Å². The lowest BCUT2D eigenvalue weighted by Crippen LogP contribution is -1.98. The van der Waals surface area contributed by atoms with Crippen LogP contribution in [0.3, 0.4) is 0 Å². The van der Waals surface area contributed by atoms with Crippen LogP contribution in [0.5, 0.6) is 0 Å². The minimum atomic E-state index is -0.0673. The number of hydrogen-bond acceptors (Lipinski definition) is 3. The van der Waals surface area contributed by atoms with E-state index in [0.717, 1.165) is 15.5 Å². The van der Waals surface area contributed by atoms with Crippen molar-refractivity contribution in [1.82, 2.24) is 9.97 Å². The number of carbonyl (C=O) groups excluding carboxylic acids is 1. The molecule has 0 atom stereocenters. The quantitative estimate of drug-likeness (QED) is 0.731. The van der Waals surface area contributed by atoms with E-state index in [1.165, 1.54) is 13.1 Å². The highest BCUT2D eigenvalue weighted by Gasteiger charge is 2.03. The summed E-state index contributed by atoms with van der Waals surface area (Å²) in [6, 6.07) is 5.58. The molecule has 2 rings (SSSR count). The zero-order chi connectivity index (χ0) is 10.1. The monoisotopic (exact) mass is 250 g/mol. The molecule has 0 bridgehead atoms. The number of aromatic nitrogens is 2. The van der Waals surface area contributed by atoms with Gasteiger partial charge in [-0.2, -0.15) is 0 Å². The van der Waals surface area contributed by atoms with Gasteiger partial charge < -0.3 is 0 Å². The lowest BCUT2D eigenvalue weighted by atomic mass is 10.2. The molecule has 0 aliphatic rings. The minimum Gasteiger partial charge on any atom is -0.293 e. The van der Waals surface area contributed by atoms with Crippen molar-refractivity contribution in [2.45, 2.75) is 6.92 Å². The topological polar surface area (TPSA) is 42.9 Å². The summed E-state index contributed by atoms with van der Waals surface area (Å²) in [5.41, 5.74) is 1.92. The highest BCUT2D eigenvalue weighted by molar-refractivity contribution is 9.10. The number of benzene rings is 1. The summed E-state index contributed by atoms with van der Waals surface area (Å²) < 4.78 is 0.954. The maximum atomic E-state index is 11.0. The number of ketones is 1. The Morgan fingerprint density at radius 2 is 2.14 bits per heavy atom. The van der Waals surface area contributed by atoms with Crippen LogP contribution in [0, 0.1) is 0 Å². The van der Waals surface area contributed by atoms with Gasteiger partial charge >= 0.3 is 0 Å². The number of nitrogens with zero attached hydrogens (tertiary/aromatic N) is 2. The van der Waals surface area contributed by atoms with Crippen LogP contribution >= 0.6 is 15.9 Å². The highest BCUT2D eigenvalue weighted by Crippen LogP contribution is 2.16. The van der Waals surface area contributed by atoms with E-state index in [4.69, 9.17) is 0 Å². The largest absolute Gasteiger partial charge is 0.293 e. The van der Waals surface area contributed by atoms with Gasteiger partial charge in [0.05, 0.1) is 17.2 Å². The standard InChI is InChI=1S/C10H7BrN2O/c1-6(14)10-5-12-9-4-7(11)2-3-8(9)13-10/h2-5H,1H3. The summed E-state index contributed by atoms with van der Waals surface area (Å²) in [5.74, 6) is -0.0673. The van der Waals surface area contributed by atoms with E-state index in [9.17, 15) is 4.79 Å². The fourth-order valence-electron chi connectivity index (χ4n) is 1.15. The predicted octanol–water partition coefficient (Wildman–Crippen LogP) is 2.59. The average molecular weight is 251 g/mol. The molecule has 1 aromatic carbocycles. The molecular weight excluding hydrogens is 244 g/mol. The van der Waals surface area contributed by atoms with Crippen molar-refractivity contribution in [3.63, 3.8) is 0 Å². The number of fused-ring (bicyclic) bond motifs is 1. The summed E-state index contributed by atoms with van der Waals surface area (Å²) in [6.07, 6.45) is 1.50. The molecule has 0 unspecified atom stereocenters. The van der Waals surface area contributed by atoms with E-state index in [2.05, 4.69) is 25.9 Å². The molecule has 70 valence electrons. The Bertz CT molecular complexity index is 510.